The van der Waals surface area contributed by atoms with Crippen molar-refractivity contribution in [3.63, 3.8) is 0 Å². The molecule has 3 aromatic heterocycles. The summed E-state index contributed by atoms with van der Waals surface area (Å²) in [4.78, 5) is 30.9. The van der Waals surface area contributed by atoms with Crippen molar-refractivity contribution in [3.05, 3.63) is 74.1 Å². The van der Waals surface area contributed by atoms with Crippen LogP contribution in [0.4, 0.5) is 10.8 Å². The Hall–Kier alpha value is -2.52. The van der Waals surface area contributed by atoms with Gasteiger partial charge in [-0.15, -0.1) is 34.0 Å². The van der Waals surface area contributed by atoms with E-state index in [1.165, 1.54) is 22.7 Å². The summed E-state index contributed by atoms with van der Waals surface area (Å²) in [7, 11) is 0. The fourth-order valence-electron chi connectivity index (χ4n) is 2.39. The van der Waals surface area contributed by atoms with Crippen molar-refractivity contribution in [2.75, 3.05) is 10.6 Å². The molecule has 4 aromatic rings. The van der Waals surface area contributed by atoms with Crippen LogP contribution in [0.15, 0.2) is 58.6 Å². The first-order valence-electron chi connectivity index (χ1n) is 8.05. The second-order valence-corrected chi connectivity index (χ2v) is 8.76. The highest BCUT2D eigenvalue weighted by atomic mass is 35.5. The Bertz CT molecular complexity index is 1120. The normalized spacial score (nSPS) is 10.6. The number of anilines is 2. The van der Waals surface area contributed by atoms with Crippen molar-refractivity contribution in [2.45, 2.75) is 0 Å². The maximum atomic E-state index is 12.6. The third kappa shape index (κ3) is 4.15. The van der Waals surface area contributed by atoms with Gasteiger partial charge < -0.3 is 5.32 Å². The van der Waals surface area contributed by atoms with Crippen LogP contribution in [0.5, 0.6) is 0 Å². The lowest BCUT2D eigenvalue weighted by atomic mass is 10.2. The molecule has 9 heteroatoms. The Morgan fingerprint density at radius 3 is 2.50 bits per heavy atom. The molecule has 3 heterocycles. The minimum atomic E-state index is -0.324. The van der Waals surface area contributed by atoms with Crippen LogP contribution in [-0.4, -0.2) is 16.8 Å². The SMILES string of the molecule is O=C(Nc1nc(-c2cccs2)cs1)c1ccc(Cl)c(NC(=O)c2cccs2)c1. The van der Waals surface area contributed by atoms with Crippen LogP contribution in [0.2, 0.25) is 5.02 Å². The lowest BCUT2D eigenvalue weighted by Gasteiger charge is -2.09. The number of hydrogen-bond donors (Lipinski definition) is 2. The molecule has 4 rings (SSSR count). The fourth-order valence-corrected chi connectivity index (χ4v) is 4.64. The quantitative estimate of drug-likeness (QED) is 0.390. The molecule has 140 valence electrons. The van der Waals surface area contributed by atoms with E-state index in [2.05, 4.69) is 15.6 Å². The van der Waals surface area contributed by atoms with Gasteiger partial charge in [0.25, 0.3) is 11.8 Å². The molecule has 0 aliphatic heterocycles. The number of thiophene rings is 2. The molecule has 28 heavy (non-hydrogen) atoms. The molecule has 0 bridgehead atoms. The molecule has 0 saturated heterocycles. The predicted molar refractivity (Wildman–Crippen MR) is 117 cm³/mol. The number of hydrogen-bond acceptors (Lipinski definition) is 6. The average molecular weight is 446 g/mol. The van der Waals surface area contributed by atoms with Crippen LogP contribution < -0.4 is 10.6 Å². The summed E-state index contributed by atoms with van der Waals surface area (Å²) >= 11 is 10.5. The highest BCUT2D eigenvalue weighted by Gasteiger charge is 2.14. The lowest BCUT2D eigenvalue weighted by molar-refractivity contribution is 0.101. The number of benzene rings is 1. The third-order valence-corrected chi connectivity index (χ3v) is 6.57. The van der Waals surface area contributed by atoms with Gasteiger partial charge in [0, 0.05) is 10.9 Å². The Kier molecular flexibility index (Phi) is 5.54. The molecule has 2 N–H and O–H groups in total. The molecule has 0 aliphatic carbocycles. The molecule has 5 nitrogen and oxygen atoms in total. The van der Waals surface area contributed by atoms with Gasteiger partial charge in [0.05, 0.1) is 26.2 Å². The van der Waals surface area contributed by atoms with Crippen LogP contribution in [0.3, 0.4) is 0 Å². The molecule has 2 amide bonds. The number of thiazole rings is 1. The first-order chi connectivity index (χ1) is 13.6. The largest absolute Gasteiger partial charge is 0.320 e. The van der Waals surface area contributed by atoms with Crippen LogP contribution in [-0.2, 0) is 0 Å². The standard InChI is InChI=1S/C19H12ClN3O2S3/c20-12-6-5-11(9-13(12)21-18(25)16-4-2-8-27-16)17(24)23-19-22-14(10-28-19)15-3-1-7-26-15/h1-10H,(H,21,25)(H,22,23,24). The molecule has 0 fully saturated rings. The maximum absolute atomic E-state index is 12.6. The zero-order valence-corrected chi connectivity index (χ0v) is 17.3. The molecular formula is C19H12ClN3O2S3. The molecule has 0 atom stereocenters. The van der Waals surface area contributed by atoms with E-state index in [0.29, 0.717) is 26.3 Å². The lowest BCUT2D eigenvalue weighted by Crippen LogP contribution is -2.14. The van der Waals surface area contributed by atoms with Gasteiger partial charge in [0.15, 0.2) is 5.13 Å². The van der Waals surface area contributed by atoms with Gasteiger partial charge in [-0.05, 0) is 41.1 Å². The van der Waals surface area contributed by atoms with E-state index >= 15 is 0 Å². The minimum Gasteiger partial charge on any atom is -0.320 e. The van der Waals surface area contributed by atoms with Gasteiger partial charge in [0.1, 0.15) is 0 Å². The summed E-state index contributed by atoms with van der Waals surface area (Å²) in [6.07, 6.45) is 0. The Balaban J connectivity index is 1.49. The zero-order chi connectivity index (χ0) is 19.5. The summed E-state index contributed by atoms with van der Waals surface area (Å²) in [5, 5.41) is 12.1. The smallest absolute Gasteiger partial charge is 0.265 e. The van der Waals surface area contributed by atoms with Crippen LogP contribution in [0.25, 0.3) is 10.6 Å². The van der Waals surface area contributed by atoms with Crippen LogP contribution >= 0.6 is 45.6 Å². The van der Waals surface area contributed by atoms with Crippen molar-refractivity contribution in [1.82, 2.24) is 4.98 Å². The molecule has 0 radical (unpaired) electrons. The van der Waals surface area contributed by atoms with E-state index in [4.69, 9.17) is 11.6 Å². The van der Waals surface area contributed by atoms with Crippen molar-refractivity contribution in [3.8, 4) is 10.6 Å². The van der Waals surface area contributed by atoms with Gasteiger partial charge in [-0.2, -0.15) is 0 Å². The number of carbonyl (C=O) groups is 2. The minimum absolute atomic E-state index is 0.269. The van der Waals surface area contributed by atoms with E-state index in [1.807, 2.05) is 28.3 Å². The molecule has 0 unspecified atom stereocenters. The summed E-state index contributed by atoms with van der Waals surface area (Å²) in [6, 6.07) is 12.2. The Morgan fingerprint density at radius 2 is 1.75 bits per heavy atom. The second kappa shape index (κ2) is 8.24. The number of halogens is 1. The van der Waals surface area contributed by atoms with Crippen LogP contribution in [0, 0.1) is 0 Å². The van der Waals surface area contributed by atoms with Crippen molar-refractivity contribution >= 4 is 68.2 Å². The van der Waals surface area contributed by atoms with Gasteiger partial charge in [-0.1, -0.05) is 23.7 Å². The number of nitrogens with one attached hydrogen (secondary N) is 2. The number of amides is 2. The zero-order valence-electron chi connectivity index (χ0n) is 14.1. The monoisotopic (exact) mass is 445 g/mol. The number of rotatable bonds is 5. The summed E-state index contributed by atoms with van der Waals surface area (Å²) in [5.41, 5.74) is 1.58. The fraction of sp³-hybridized carbons (Fsp3) is 0. The number of carbonyl (C=O) groups excluding carboxylic acids is 2. The maximum Gasteiger partial charge on any atom is 0.265 e. The van der Waals surface area contributed by atoms with Crippen LogP contribution in [0.1, 0.15) is 20.0 Å². The van der Waals surface area contributed by atoms with E-state index in [9.17, 15) is 9.59 Å². The molecule has 0 saturated carbocycles. The average Bonchev–Trinajstić information content (AvgIpc) is 3.45. The summed E-state index contributed by atoms with van der Waals surface area (Å²) in [5.74, 6) is -0.592. The highest BCUT2D eigenvalue weighted by Crippen LogP contribution is 2.29. The molecule has 0 spiro atoms. The van der Waals surface area contributed by atoms with Gasteiger partial charge in [-0.25, -0.2) is 4.98 Å². The van der Waals surface area contributed by atoms with Gasteiger partial charge in [-0.3, -0.25) is 14.9 Å². The summed E-state index contributed by atoms with van der Waals surface area (Å²) in [6.45, 7) is 0. The first kappa shape index (κ1) is 18.8. The molecule has 1 aromatic carbocycles. The Morgan fingerprint density at radius 1 is 0.929 bits per heavy atom. The van der Waals surface area contributed by atoms with Gasteiger partial charge >= 0.3 is 0 Å². The van der Waals surface area contributed by atoms with E-state index < -0.39 is 0 Å². The molecule has 0 aliphatic rings. The number of nitrogens with zero attached hydrogens (tertiary/aromatic N) is 1. The predicted octanol–water partition coefficient (Wildman–Crippen LogP) is 6.09. The van der Waals surface area contributed by atoms with Crippen molar-refractivity contribution < 1.29 is 9.59 Å². The Labute approximate surface area is 177 Å². The molecular weight excluding hydrogens is 434 g/mol. The van der Waals surface area contributed by atoms with E-state index in [-0.39, 0.29) is 11.8 Å². The van der Waals surface area contributed by atoms with Crippen molar-refractivity contribution in [1.29, 1.82) is 0 Å². The van der Waals surface area contributed by atoms with E-state index in [0.717, 1.165) is 10.6 Å². The highest BCUT2D eigenvalue weighted by molar-refractivity contribution is 7.16. The topological polar surface area (TPSA) is 71.1 Å². The van der Waals surface area contributed by atoms with Crippen molar-refractivity contribution in [2.24, 2.45) is 0 Å². The van der Waals surface area contributed by atoms with Gasteiger partial charge in [0.2, 0.25) is 0 Å². The third-order valence-electron chi connectivity index (χ3n) is 3.72. The van der Waals surface area contributed by atoms with E-state index in [1.54, 1.807) is 41.7 Å². The second-order valence-electron chi connectivity index (χ2n) is 5.60. The first-order valence-corrected chi connectivity index (χ1v) is 11.1. The number of aromatic nitrogens is 1. The summed E-state index contributed by atoms with van der Waals surface area (Å²) < 4.78 is 0.